The standard InChI is InChI=1S/C15H21N3/c1-5-16-15(14-9-18(4)10-17-14)13-7-6-11(2)12(3)8-13/h6-10,15-16H,5H2,1-4H3. The number of aryl methyl sites for hydroxylation is 3. The monoisotopic (exact) mass is 243 g/mol. The lowest BCUT2D eigenvalue weighted by atomic mass is 9.99. The summed E-state index contributed by atoms with van der Waals surface area (Å²) in [6.45, 7) is 7.34. The molecule has 96 valence electrons. The Hall–Kier alpha value is -1.61. The fourth-order valence-electron chi connectivity index (χ4n) is 2.12. The topological polar surface area (TPSA) is 29.9 Å². The van der Waals surface area contributed by atoms with E-state index in [0.29, 0.717) is 0 Å². The first kappa shape index (κ1) is 12.8. The average molecular weight is 243 g/mol. The van der Waals surface area contributed by atoms with Crippen LogP contribution in [0.1, 0.15) is 35.3 Å². The highest BCUT2D eigenvalue weighted by Gasteiger charge is 2.15. The first-order valence-electron chi connectivity index (χ1n) is 6.40. The predicted molar refractivity (Wildman–Crippen MR) is 74.6 cm³/mol. The zero-order valence-electron chi connectivity index (χ0n) is 11.6. The third-order valence-electron chi connectivity index (χ3n) is 3.29. The van der Waals surface area contributed by atoms with Crippen molar-refractivity contribution in [2.45, 2.75) is 26.8 Å². The summed E-state index contributed by atoms with van der Waals surface area (Å²) in [5.41, 5.74) is 5.00. The molecule has 0 spiro atoms. The summed E-state index contributed by atoms with van der Waals surface area (Å²) in [7, 11) is 2.00. The van der Waals surface area contributed by atoms with E-state index in [1.807, 2.05) is 17.9 Å². The molecule has 0 aliphatic carbocycles. The SMILES string of the molecule is CCNC(c1ccc(C)c(C)c1)c1cn(C)cn1. The molecule has 0 aliphatic rings. The van der Waals surface area contributed by atoms with Gasteiger partial charge in [-0.2, -0.15) is 0 Å². The summed E-state index contributed by atoms with van der Waals surface area (Å²) >= 11 is 0. The number of rotatable bonds is 4. The molecular formula is C15H21N3. The van der Waals surface area contributed by atoms with E-state index in [2.05, 4.69) is 55.5 Å². The smallest absolute Gasteiger partial charge is 0.0947 e. The van der Waals surface area contributed by atoms with Crippen molar-refractivity contribution >= 4 is 0 Å². The molecule has 1 atom stereocenters. The highest BCUT2D eigenvalue weighted by Crippen LogP contribution is 2.22. The lowest BCUT2D eigenvalue weighted by Gasteiger charge is -2.17. The molecule has 0 bridgehead atoms. The van der Waals surface area contributed by atoms with Crippen LogP contribution in [0.3, 0.4) is 0 Å². The molecule has 2 rings (SSSR count). The first-order valence-corrected chi connectivity index (χ1v) is 6.40. The van der Waals surface area contributed by atoms with Crippen LogP contribution in [0.4, 0.5) is 0 Å². The minimum absolute atomic E-state index is 0.176. The molecule has 1 N–H and O–H groups in total. The van der Waals surface area contributed by atoms with Crippen LogP contribution in [0, 0.1) is 13.8 Å². The van der Waals surface area contributed by atoms with Crippen LogP contribution in [0.15, 0.2) is 30.7 Å². The summed E-state index contributed by atoms with van der Waals surface area (Å²) in [6.07, 6.45) is 3.92. The normalized spacial score (nSPS) is 12.7. The third kappa shape index (κ3) is 2.62. The minimum Gasteiger partial charge on any atom is -0.340 e. The van der Waals surface area contributed by atoms with E-state index in [-0.39, 0.29) is 6.04 Å². The Morgan fingerprint density at radius 2 is 2.06 bits per heavy atom. The molecule has 0 saturated carbocycles. The third-order valence-corrected chi connectivity index (χ3v) is 3.29. The molecular weight excluding hydrogens is 222 g/mol. The number of nitrogens with one attached hydrogen (secondary N) is 1. The number of nitrogens with zero attached hydrogens (tertiary/aromatic N) is 2. The lowest BCUT2D eigenvalue weighted by molar-refractivity contribution is 0.617. The van der Waals surface area contributed by atoms with Crippen LogP contribution in [0.5, 0.6) is 0 Å². The molecule has 18 heavy (non-hydrogen) atoms. The van der Waals surface area contributed by atoms with Crippen LogP contribution in [0.25, 0.3) is 0 Å². The predicted octanol–water partition coefficient (Wildman–Crippen LogP) is 2.74. The van der Waals surface area contributed by atoms with Crippen LogP contribution in [0.2, 0.25) is 0 Å². The molecule has 3 nitrogen and oxygen atoms in total. The van der Waals surface area contributed by atoms with Gasteiger partial charge in [-0.25, -0.2) is 4.98 Å². The minimum atomic E-state index is 0.176. The van der Waals surface area contributed by atoms with Crippen molar-refractivity contribution in [2.75, 3.05) is 6.54 Å². The second-order valence-electron chi connectivity index (χ2n) is 4.80. The van der Waals surface area contributed by atoms with E-state index >= 15 is 0 Å². The highest BCUT2D eigenvalue weighted by molar-refractivity contribution is 5.34. The maximum Gasteiger partial charge on any atom is 0.0947 e. The second-order valence-corrected chi connectivity index (χ2v) is 4.80. The Kier molecular flexibility index (Phi) is 3.82. The van der Waals surface area contributed by atoms with E-state index < -0.39 is 0 Å². The largest absolute Gasteiger partial charge is 0.340 e. The molecule has 0 radical (unpaired) electrons. The molecule has 0 amide bonds. The summed E-state index contributed by atoms with van der Waals surface area (Å²) < 4.78 is 1.99. The van der Waals surface area contributed by atoms with Gasteiger partial charge in [0.1, 0.15) is 0 Å². The van der Waals surface area contributed by atoms with Gasteiger partial charge in [-0.05, 0) is 37.1 Å². The van der Waals surface area contributed by atoms with Crippen molar-refractivity contribution < 1.29 is 0 Å². The molecule has 1 heterocycles. The van der Waals surface area contributed by atoms with Gasteiger partial charge in [0.05, 0.1) is 18.1 Å². The molecule has 0 saturated heterocycles. The molecule has 3 heteroatoms. The highest BCUT2D eigenvalue weighted by atomic mass is 15.0. The zero-order valence-corrected chi connectivity index (χ0v) is 11.6. The maximum absolute atomic E-state index is 4.46. The Bertz CT molecular complexity index is 528. The summed E-state index contributed by atoms with van der Waals surface area (Å²) in [5, 5.41) is 3.50. The molecule has 1 unspecified atom stereocenters. The summed E-state index contributed by atoms with van der Waals surface area (Å²) in [6, 6.07) is 6.79. The zero-order chi connectivity index (χ0) is 13.1. The van der Waals surface area contributed by atoms with Gasteiger partial charge in [0.15, 0.2) is 0 Å². The Morgan fingerprint density at radius 3 is 2.61 bits per heavy atom. The molecule has 0 aliphatic heterocycles. The van der Waals surface area contributed by atoms with Gasteiger partial charge in [0.25, 0.3) is 0 Å². The van der Waals surface area contributed by atoms with Gasteiger partial charge in [-0.3, -0.25) is 0 Å². The molecule has 2 aromatic rings. The first-order chi connectivity index (χ1) is 8.61. The Balaban J connectivity index is 2.37. The van der Waals surface area contributed by atoms with E-state index in [1.165, 1.54) is 16.7 Å². The number of aromatic nitrogens is 2. The van der Waals surface area contributed by atoms with E-state index in [0.717, 1.165) is 12.2 Å². The molecule has 0 fully saturated rings. The van der Waals surface area contributed by atoms with Crippen molar-refractivity contribution in [3.63, 3.8) is 0 Å². The van der Waals surface area contributed by atoms with E-state index in [1.54, 1.807) is 0 Å². The fraction of sp³-hybridized carbons (Fsp3) is 0.400. The number of hydrogen-bond acceptors (Lipinski definition) is 2. The lowest BCUT2D eigenvalue weighted by Crippen LogP contribution is -2.22. The van der Waals surface area contributed by atoms with Crippen LogP contribution in [-0.2, 0) is 7.05 Å². The summed E-state index contributed by atoms with van der Waals surface area (Å²) in [4.78, 5) is 4.46. The quantitative estimate of drug-likeness (QED) is 0.895. The van der Waals surface area contributed by atoms with Gasteiger partial charge in [-0.15, -0.1) is 0 Å². The van der Waals surface area contributed by atoms with Crippen molar-refractivity contribution in [2.24, 2.45) is 7.05 Å². The van der Waals surface area contributed by atoms with Crippen molar-refractivity contribution in [1.82, 2.24) is 14.9 Å². The summed E-state index contributed by atoms with van der Waals surface area (Å²) in [5.74, 6) is 0. The van der Waals surface area contributed by atoms with Crippen molar-refractivity contribution in [1.29, 1.82) is 0 Å². The van der Waals surface area contributed by atoms with Crippen molar-refractivity contribution in [3.05, 3.63) is 53.1 Å². The van der Waals surface area contributed by atoms with Gasteiger partial charge < -0.3 is 9.88 Å². The van der Waals surface area contributed by atoms with Gasteiger partial charge in [-0.1, -0.05) is 25.1 Å². The number of hydrogen-bond donors (Lipinski definition) is 1. The van der Waals surface area contributed by atoms with Crippen LogP contribution in [-0.4, -0.2) is 16.1 Å². The Morgan fingerprint density at radius 1 is 1.28 bits per heavy atom. The van der Waals surface area contributed by atoms with Crippen molar-refractivity contribution in [3.8, 4) is 0 Å². The Labute approximate surface area is 109 Å². The fourth-order valence-corrected chi connectivity index (χ4v) is 2.12. The van der Waals surface area contributed by atoms with E-state index in [4.69, 9.17) is 0 Å². The maximum atomic E-state index is 4.46. The molecule has 1 aromatic carbocycles. The van der Waals surface area contributed by atoms with Gasteiger partial charge in [0.2, 0.25) is 0 Å². The van der Waals surface area contributed by atoms with E-state index in [9.17, 15) is 0 Å². The number of imidazole rings is 1. The number of benzene rings is 1. The van der Waals surface area contributed by atoms with Gasteiger partial charge >= 0.3 is 0 Å². The van der Waals surface area contributed by atoms with Crippen LogP contribution >= 0.6 is 0 Å². The second kappa shape index (κ2) is 5.36. The average Bonchev–Trinajstić information content (AvgIpc) is 2.76. The van der Waals surface area contributed by atoms with Crippen LogP contribution < -0.4 is 5.32 Å². The molecule has 1 aromatic heterocycles. The van der Waals surface area contributed by atoms with Gasteiger partial charge in [0, 0.05) is 13.2 Å².